The topological polar surface area (TPSA) is 56.1 Å². The highest BCUT2D eigenvalue weighted by Gasteiger charge is 2.26. The summed E-state index contributed by atoms with van der Waals surface area (Å²) in [5.74, 6) is -9.92. The summed E-state index contributed by atoms with van der Waals surface area (Å²) in [5, 5.41) is 8.15. The largest absolute Gasteiger partial charge is 0.489 e. The van der Waals surface area contributed by atoms with Crippen LogP contribution in [0.25, 0.3) is 0 Å². The molecule has 4 aromatic rings. The third-order valence-corrected chi connectivity index (χ3v) is 5.79. The summed E-state index contributed by atoms with van der Waals surface area (Å²) in [6, 6.07) is 9.20. The van der Waals surface area contributed by atoms with Crippen molar-refractivity contribution in [3.63, 3.8) is 0 Å². The van der Waals surface area contributed by atoms with Gasteiger partial charge in [-0.1, -0.05) is 17.7 Å². The Bertz CT molecular complexity index is 1320. The van der Waals surface area contributed by atoms with E-state index in [1.54, 1.807) is 11.4 Å². The van der Waals surface area contributed by atoms with E-state index in [0.29, 0.717) is 10.6 Å². The molecule has 2 aromatic carbocycles. The van der Waals surface area contributed by atoms with Crippen molar-refractivity contribution in [2.45, 2.75) is 20.1 Å². The van der Waals surface area contributed by atoms with Crippen LogP contribution in [0.2, 0.25) is 0 Å². The number of carbonyl (C=O) groups excluding carboxylic acids is 1. The van der Waals surface area contributed by atoms with E-state index in [9.17, 15) is 26.7 Å². The normalized spacial score (nSPS) is 11.0. The van der Waals surface area contributed by atoms with Crippen LogP contribution >= 0.6 is 11.3 Å². The van der Waals surface area contributed by atoms with Crippen molar-refractivity contribution in [1.29, 1.82) is 0 Å². The van der Waals surface area contributed by atoms with Crippen molar-refractivity contribution in [2.75, 3.05) is 5.32 Å². The summed E-state index contributed by atoms with van der Waals surface area (Å²) < 4.78 is 74.3. The van der Waals surface area contributed by atoms with E-state index in [2.05, 4.69) is 10.4 Å². The molecule has 2 aromatic heterocycles. The Hall–Kier alpha value is -3.73. The molecule has 34 heavy (non-hydrogen) atoms. The molecule has 0 radical (unpaired) electrons. The maximum absolute atomic E-state index is 13.9. The number of nitrogens with zero attached hydrogens (tertiary/aromatic N) is 2. The van der Waals surface area contributed by atoms with Crippen molar-refractivity contribution < 1.29 is 31.5 Å². The van der Waals surface area contributed by atoms with Gasteiger partial charge in [-0.3, -0.25) is 9.48 Å². The van der Waals surface area contributed by atoms with Crippen LogP contribution in [0.5, 0.6) is 5.75 Å². The van der Waals surface area contributed by atoms with E-state index < -0.39 is 47.1 Å². The Kier molecular flexibility index (Phi) is 6.64. The predicted molar refractivity (Wildman–Crippen MR) is 115 cm³/mol. The van der Waals surface area contributed by atoms with Crippen molar-refractivity contribution in [3.8, 4) is 5.75 Å². The van der Waals surface area contributed by atoms with Crippen LogP contribution in [0.15, 0.2) is 48.1 Å². The number of amides is 1. The number of nitrogens with one attached hydrogen (secondary N) is 1. The molecule has 2 heterocycles. The molecule has 1 amide bonds. The van der Waals surface area contributed by atoms with Crippen molar-refractivity contribution in [3.05, 3.63) is 98.8 Å². The molecule has 0 aliphatic carbocycles. The minimum Gasteiger partial charge on any atom is -0.489 e. The molecular weight excluding hydrogens is 477 g/mol. The van der Waals surface area contributed by atoms with Crippen molar-refractivity contribution in [1.82, 2.24) is 9.78 Å². The number of carbonyl (C=O) groups is 1. The Morgan fingerprint density at radius 2 is 1.68 bits per heavy atom. The Morgan fingerprint density at radius 1 is 1.03 bits per heavy atom. The molecule has 0 aliphatic rings. The smallest absolute Gasteiger partial charge is 0.265 e. The van der Waals surface area contributed by atoms with Crippen molar-refractivity contribution >= 4 is 22.9 Å². The zero-order chi connectivity index (χ0) is 24.4. The third-order valence-electron chi connectivity index (χ3n) is 4.82. The van der Waals surface area contributed by atoms with Gasteiger partial charge < -0.3 is 10.1 Å². The molecule has 0 bridgehead atoms. The van der Waals surface area contributed by atoms with Gasteiger partial charge in [0.1, 0.15) is 12.4 Å². The molecule has 1 N–H and O–H groups in total. The molecule has 0 fully saturated rings. The zero-order valence-corrected chi connectivity index (χ0v) is 18.4. The molecule has 0 aliphatic heterocycles. The van der Waals surface area contributed by atoms with Gasteiger partial charge in [-0.05, 0) is 30.5 Å². The Balaban J connectivity index is 1.39. The molecule has 0 spiro atoms. The summed E-state index contributed by atoms with van der Waals surface area (Å²) in [6.07, 6.45) is 2.41. The fourth-order valence-electron chi connectivity index (χ4n) is 3.03. The summed E-state index contributed by atoms with van der Waals surface area (Å²) in [7, 11) is 0. The fraction of sp³-hybridized carbons (Fsp3) is 0.130. The fourth-order valence-corrected chi connectivity index (χ4v) is 3.82. The van der Waals surface area contributed by atoms with E-state index in [4.69, 9.17) is 4.74 Å². The lowest BCUT2D eigenvalue weighted by Crippen LogP contribution is -2.12. The van der Waals surface area contributed by atoms with Crippen LogP contribution in [0.4, 0.5) is 27.6 Å². The lowest BCUT2D eigenvalue weighted by molar-refractivity contribution is 0.103. The minimum atomic E-state index is -2.23. The van der Waals surface area contributed by atoms with Gasteiger partial charge in [0.15, 0.2) is 23.3 Å². The first-order valence-corrected chi connectivity index (χ1v) is 10.7. The molecule has 5 nitrogen and oxygen atoms in total. The van der Waals surface area contributed by atoms with E-state index in [1.807, 2.05) is 31.2 Å². The highest BCUT2D eigenvalue weighted by molar-refractivity contribution is 7.12. The van der Waals surface area contributed by atoms with E-state index >= 15 is 0 Å². The quantitative estimate of drug-likeness (QED) is 0.200. The first kappa shape index (κ1) is 23.4. The molecule has 11 heteroatoms. The van der Waals surface area contributed by atoms with Gasteiger partial charge in [-0.25, -0.2) is 22.0 Å². The summed E-state index contributed by atoms with van der Waals surface area (Å²) in [4.78, 5) is 12.9. The lowest BCUT2D eigenvalue weighted by atomic mass is 10.1. The van der Waals surface area contributed by atoms with Gasteiger partial charge in [-0.15, -0.1) is 11.3 Å². The van der Waals surface area contributed by atoms with E-state index in [0.717, 1.165) is 15.8 Å². The highest BCUT2D eigenvalue weighted by Crippen LogP contribution is 2.24. The zero-order valence-electron chi connectivity index (χ0n) is 17.5. The molecule has 0 saturated heterocycles. The average Bonchev–Trinajstić information content (AvgIpc) is 3.48. The summed E-state index contributed by atoms with van der Waals surface area (Å²) in [5.41, 5.74) is 1.05. The molecule has 176 valence electrons. The number of anilines is 1. The summed E-state index contributed by atoms with van der Waals surface area (Å²) >= 11 is 1.20. The number of halogens is 5. The molecule has 0 atom stereocenters. The Morgan fingerprint density at radius 3 is 2.35 bits per heavy atom. The van der Waals surface area contributed by atoms with Crippen LogP contribution in [0, 0.1) is 36.0 Å². The minimum absolute atomic E-state index is 0.180. The maximum atomic E-state index is 13.9. The maximum Gasteiger partial charge on any atom is 0.265 e. The van der Waals surface area contributed by atoms with Gasteiger partial charge in [0.2, 0.25) is 5.82 Å². The predicted octanol–water partition coefficient (Wildman–Crippen LogP) is 5.83. The van der Waals surface area contributed by atoms with Gasteiger partial charge in [0, 0.05) is 11.8 Å². The van der Waals surface area contributed by atoms with Crippen LogP contribution in [0.3, 0.4) is 0 Å². The number of aryl methyl sites for hydroxylation is 1. The van der Waals surface area contributed by atoms with Gasteiger partial charge in [-0.2, -0.15) is 5.10 Å². The lowest BCUT2D eigenvalue weighted by Gasteiger charge is -2.08. The number of ether oxygens (including phenoxy) is 1. The van der Waals surface area contributed by atoms with Gasteiger partial charge in [0.25, 0.3) is 5.91 Å². The second-order valence-corrected chi connectivity index (χ2v) is 8.26. The number of benzene rings is 2. The SMILES string of the molecule is Cc1ccc(OCc2csc(C(=O)Nc3cnn(Cc4c(F)c(F)c(F)c(F)c4F)c3)c2)cc1. The number of aromatic nitrogens is 2. The first-order chi connectivity index (χ1) is 16.2. The standard InChI is InChI=1S/C23H16F5N3O2S/c1-12-2-4-15(5-3-12)33-10-13-6-17(34-11-13)23(32)30-14-7-29-31(8-14)9-16-18(24)20(26)22(28)21(27)19(16)25/h2-8,11H,9-10H2,1H3,(H,30,32). The van der Waals surface area contributed by atoms with Crippen LogP contribution < -0.4 is 10.1 Å². The van der Waals surface area contributed by atoms with Gasteiger partial charge >= 0.3 is 0 Å². The highest BCUT2D eigenvalue weighted by atomic mass is 32.1. The van der Waals surface area contributed by atoms with Crippen LogP contribution in [-0.2, 0) is 13.2 Å². The second kappa shape index (κ2) is 9.64. The van der Waals surface area contributed by atoms with E-state index in [1.165, 1.54) is 23.7 Å². The third kappa shape index (κ3) is 4.93. The molecule has 0 unspecified atom stereocenters. The van der Waals surface area contributed by atoms with Crippen LogP contribution in [0.1, 0.15) is 26.4 Å². The van der Waals surface area contributed by atoms with Gasteiger partial charge in [0.05, 0.1) is 28.9 Å². The van der Waals surface area contributed by atoms with Crippen LogP contribution in [-0.4, -0.2) is 15.7 Å². The monoisotopic (exact) mass is 493 g/mol. The number of hydrogen-bond donors (Lipinski definition) is 1. The number of hydrogen-bond acceptors (Lipinski definition) is 4. The molecule has 0 saturated carbocycles. The second-order valence-electron chi connectivity index (χ2n) is 7.35. The Labute approximate surface area is 194 Å². The molecule has 4 rings (SSSR count). The number of thiophene rings is 1. The molecular formula is C23H16F5N3O2S. The first-order valence-electron chi connectivity index (χ1n) is 9.84. The van der Waals surface area contributed by atoms with E-state index in [-0.39, 0.29) is 12.3 Å². The average molecular weight is 493 g/mol. The number of rotatable bonds is 7. The van der Waals surface area contributed by atoms with Crippen molar-refractivity contribution in [2.24, 2.45) is 0 Å². The summed E-state index contributed by atoms with van der Waals surface area (Å²) in [6.45, 7) is 1.52.